The molecule has 3 heteroatoms. The predicted molar refractivity (Wildman–Crippen MR) is 86.8 cm³/mol. The minimum Gasteiger partial charge on any atom is -0.328 e. The zero-order valence-electron chi connectivity index (χ0n) is 11.2. The maximum absolute atomic E-state index is 5.84. The molecule has 1 atom stereocenters. The Kier molecular flexibility index (Phi) is 5.08. The number of aryl methyl sites for hydroxylation is 1. The summed E-state index contributed by atoms with van der Waals surface area (Å²) in [5.74, 6) is 0. The van der Waals surface area contributed by atoms with Crippen molar-refractivity contribution in [2.24, 2.45) is 5.73 Å². The highest BCUT2D eigenvalue weighted by atomic mass is 79.9. The van der Waals surface area contributed by atoms with Crippen LogP contribution in [-0.4, -0.2) is 6.04 Å². The van der Waals surface area contributed by atoms with Crippen molar-refractivity contribution in [2.45, 2.75) is 36.1 Å². The molecule has 0 bridgehead atoms. The standard InChI is InChI=1S/C16H18BrNS/c1-11-9-13(10-12(2)18)7-8-15(11)19-16-6-4-3-5-14(16)17/h3-9,12H,10,18H2,1-2H3. The molecule has 0 aliphatic carbocycles. The van der Waals surface area contributed by atoms with E-state index in [9.17, 15) is 0 Å². The summed E-state index contributed by atoms with van der Waals surface area (Å²) in [6, 6.07) is 15.1. The van der Waals surface area contributed by atoms with Gasteiger partial charge in [-0.1, -0.05) is 36.0 Å². The Bertz CT molecular complexity index is 566. The van der Waals surface area contributed by atoms with E-state index in [0.717, 1.165) is 10.9 Å². The third kappa shape index (κ3) is 4.10. The van der Waals surface area contributed by atoms with Crippen LogP contribution in [0.5, 0.6) is 0 Å². The normalized spacial score (nSPS) is 12.4. The van der Waals surface area contributed by atoms with E-state index in [4.69, 9.17) is 5.73 Å². The Hall–Kier alpha value is -0.770. The second-order valence-electron chi connectivity index (χ2n) is 4.81. The smallest absolute Gasteiger partial charge is 0.0314 e. The van der Waals surface area contributed by atoms with Gasteiger partial charge in [0.15, 0.2) is 0 Å². The first-order chi connectivity index (χ1) is 9.06. The van der Waals surface area contributed by atoms with E-state index in [1.54, 1.807) is 11.8 Å². The summed E-state index contributed by atoms with van der Waals surface area (Å²) in [5, 5.41) is 0. The molecular formula is C16H18BrNS. The lowest BCUT2D eigenvalue weighted by molar-refractivity contribution is 0.737. The monoisotopic (exact) mass is 335 g/mol. The van der Waals surface area contributed by atoms with Gasteiger partial charge in [-0.3, -0.25) is 0 Å². The van der Waals surface area contributed by atoms with Crippen LogP contribution in [0.15, 0.2) is 56.7 Å². The molecule has 0 fully saturated rings. The Balaban J connectivity index is 2.20. The van der Waals surface area contributed by atoms with Crippen molar-refractivity contribution >= 4 is 27.7 Å². The van der Waals surface area contributed by atoms with Crippen molar-refractivity contribution in [2.75, 3.05) is 0 Å². The lowest BCUT2D eigenvalue weighted by Gasteiger charge is -2.10. The van der Waals surface area contributed by atoms with Crippen molar-refractivity contribution in [1.82, 2.24) is 0 Å². The molecule has 0 aliphatic rings. The van der Waals surface area contributed by atoms with Crippen molar-refractivity contribution in [1.29, 1.82) is 0 Å². The number of benzene rings is 2. The Morgan fingerprint density at radius 1 is 1.16 bits per heavy atom. The van der Waals surface area contributed by atoms with Gasteiger partial charge in [-0.15, -0.1) is 0 Å². The fourth-order valence-electron chi connectivity index (χ4n) is 1.97. The lowest BCUT2D eigenvalue weighted by Crippen LogP contribution is -2.17. The first kappa shape index (κ1) is 14.6. The van der Waals surface area contributed by atoms with Crippen molar-refractivity contribution in [3.8, 4) is 0 Å². The molecule has 2 rings (SSSR count). The fourth-order valence-corrected chi connectivity index (χ4v) is 3.40. The van der Waals surface area contributed by atoms with Gasteiger partial charge in [0, 0.05) is 20.3 Å². The van der Waals surface area contributed by atoms with Crippen LogP contribution in [-0.2, 0) is 6.42 Å². The van der Waals surface area contributed by atoms with Gasteiger partial charge in [0.25, 0.3) is 0 Å². The van der Waals surface area contributed by atoms with E-state index in [1.807, 2.05) is 13.0 Å². The average molecular weight is 336 g/mol. The summed E-state index contributed by atoms with van der Waals surface area (Å²) in [5.41, 5.74) is 8.46. The Labute approximate surface area is 127 Å². The summed E-state index contributed by atoms with van der Waals surface area (Å²) in [6.07, 6.45) is 0.931. The molecule has 100 valence electrons. The highest BCUT2D eigenvalue weighted by Crippen LogP contribution is 2.35. The first-order valence-electron chi connectivity index (χ1n) is 6.34. The molecule has 1 nitrogen and oxygen atoms in total. The summed E-state index contributed by atoms with van der Waals surface area (Å²) in [6.45, 7) is 4.20. The molecule has 2 aromatic carbocycles. The minimum atomic E-state index is 0.209. The van der Waals surface area contributed by atoms with Gasteiger partial charge >= 0.3 is 0 Å². The highest BCUT2D eigenvalue weighted by Gasteiger charge is 2.06. The van der Waals surface area contributed by atoms with E-state index < -0.39 is 0 Å². The van der Waals surface area contributed by atoms with Crippen molar-refractivity contribution in [3.63, 3.8) is 0 Å². The molecule has 19 heavy (non-hydrogen) atoms. The number of nitrogens with two attached hydrogens (primary N) is 1. The number of rotatable bonds is 4. The minimum absolute atomic E-state index is 0.209. The molecule has 0 saturated carbocycles. The van der Waals surface area contributed by atoms with Gasteiger partial charge < -0.3 is 5.73 Å². The molecule has 2 aromatic rings. The van der Waals surface area contributed by atoms with Gasteiger partial charge in [0.1, 0.15) is 0 Å². The molecule has 2 N–H and O–H groups in total. The molecule has 0 spiro atoms. The zero-order chi connectivity index (χ0) is 13.8. The topological polar surface area (TPSA) is 26.0 Å². The summed E-state index contributed by atoms with van der Waals surface area (Å²) in [4.78, 5) is 2.53. The highest BCUT2D eigenvalue weighted by molar-refractivity contribution is 9.10. The maximum atomic E-state index is 5.84. The average Bonchev–Trinajstić information content (AvgIpc) is 2.34. The Morgan fingerprint density at radius 3 is 2.53 bits per heavy atom. The van der Waals surface area contributed by atoms with Crippen LogP contribution in [0.25, 0.3) is 0 Å². The van der Waals surface area contributed by atoms with Crippen LogP contribution in [0.4, 0.5) is 0 Å². The summed E-state index contributed by atoms with van der Waals surface area (Å²) >= 11 is 5.38. The van der Waals surface area contributed by atoms with Crippen LogP contribution in [0.1, 0.15) is 18.1 Å². The predicted octanol–water partition coefficient (Wildman–Crippen LogP) is 4.80. The molecule has 0 amide bonds. The quantitative estimate of drug-likeness (QED) is 0.868. The van der Waals surface area contributed by atoms with Gasteiger partial charge in [-0.25, -0.2) is 0 Å². The SMILES string of the molecule is Cc1cc(CC(C)N)ccc1Sc1ccccc1Br. The molecule has 0 saturated heterocycles. The van der Waals surface area contributed by atoms with E-state index in [1.165, 1.54) is 20.9 Å². The van der Waals surface area contributed by atoms with Gasteiger partial charge in [-0.2, -0.15) is 0 Å². The second kappa shape index (κ2) is 6.60. The van der Waals surface area contributed by atoms with E-state index in [-0.39, 0.29) is 6.04 Å². The second-order valence-corrected chi connectivity index (χ2v) is 6.75. The van der Waals surface area contributed by atoms with Gasteiger partial charge in [0.05, 0.1) is 0 Å². The molecule has 0 heterocycles. The van der Waals surface area contributed by atoms with E-state index >= 15 is 0 Å². The van der Waals surface area contributed by atoms with Crippen molar-refractivity contribution < 1.29 is 0 Å². The Morgan fingerprint density at radius 2 is 1.89 bits per heavy atom. The van der Waals surface area contributed by atoms with Gasteiger partial charge in [-0.05, 0) is 65.5 Å². The molecular weight excluding hydrogens is 318 g/mol. The molecule has 0 radical (unpaired) electrons. The summed E-state index contributed by atoms with van der Waals surface area (Å²) < 4.78 is 1.14. The first-order valence-corrected chi connectivity index (χ1v) is 7.94. The van der Waals surface area contributed by atoms with E-state index in [0.29, 0.717) is 0 Å². The van der Waals surface area contributed by atoms with Gasteiger partial charge in [0.2, 0.25) is 0 Å². The molecule has 0 aliphatic heterocycles. The lowest BCUT2D eigenvalue weighted by atomic mass is 10.1. The van der Waals surface area contributed by atoms with Crippen LogP contribution < -0.4 is 5.73 Å². The zero-order valence-corrected chi connectivity index (χ0v) is 13.6. The van der Waals surface area contributed by atoms with Crippen LogP contribution in [0.3, 0.4) is 0 Å². The summed E-state index contributed by atoms with van der Waals surface area (Å²) in [7, 11) is 0. The van der Waals surface area contributed by atoms with E-state index in [2.05, 4.69) is 59.3 Å². The van der Waals surface area contributed by atoms with Crippen LogP contribution >= 0.6 is 27.7 Å². The van der Waals surface area contributed by atoms with Crippen LogP contribution in [0.2, 0.25) is 0 Å². The third-order valence-electron chi connectivity index (χ3n) is 2.85. The van der Waals surface area contributed by atoms with Crippen molar-refractivity contribution in [3.05, 3.63) is 58.1 Å². The maximum Gasteiger partial charge on any atom is 0.0314 e. The third-order valence-corrected chi connectivity index (χ3v) is 5.06. The number of hydrogen-bond donors (Lipinski definition) is 1. The molecule has 1 unspecified atom stereocenters. The van der Waals surface area contributed by atoms with Crippen LogP contribution in [0, 0.1) is 6.92 Å². The molecule has 0 aromatic heterocycles. The fraction of sp³-hybridized carbons (Fsp3) is 0.250. The number of hydrogen-bond acceptors (Lipinski definition) is 2. The largest absolute Gasteiger partial charge is 0.328 e. The number of halogens is 1.